The van der Waals surface area contributed by atoms with Crippen molar-refractivity contribution in [2.75, 3.05) is 89.1 Å². The topological polar surface area (TPSA) is 310 Å². The van der Waals surface area contributed by atoms with Crippen LogP contribution in [0.1, 0.15) is 37.8 Å². The fourth-order valence-electron chi connectivity index (χ4n) is 12.6. The first-order valence-corrected chi connectivity index (χ1v) is 41.1. The van der Waals surface area contributed by atoms with Crippen molar-refractivity contribution in [2.24, 2.45) is 0 Å². The van der Waals surface area contributed by atoms with Gasteiger partial charge in [-0.25, -0.2) is 48.3 Å². The highest BCUT2D eigenvalue weighted by Crippen LogP contribution is 2.31. The van der Waals surface area contributed by atoms with Gasteiger partial charge in [0.15, 0.2) is 0 Å². The molecule has 30 heteroatoms. The lowest BCUT2D eigenvalue weighted by atomic mass is 10.1. The first kappa shape index (κ1) is 89.2. The zero-order valence-electron chi connectivity index (χ0n) is 66.7. The molecule has 0 saturated carbocycles. The summed E-state index contributed by atoms with van der Waals surface area (Å²) in [6, 6.07) is 80.9. The van der Waals surface area contributed by atoms with Crippen molar-refractivity contribution in [3.63, 3.8) is 0 Å². The van der Waals surface area contributed by atoms with Gasteiger partial charge in [0, 0.05) is 155 Å². The Bertz CT molecular complexity index is 5710. The van der Waals surface area contributed by atoms with E-state index in [1.54, 1.807) is 158 Å². The number of piperidine rings is 2. The van der Waals surface area contributed by atoms with Crippen LogP contribution < -0.4 is 63.0 Å². The lowest BCUT2D eigenvalue weighted by Crippen LogP contribution is -2.38. The highest BCUT2D eigenvalue weighted by atomic mass is 35.5. The van der Waals surface area contributed by atoms with Crippen LogP contribution in [0.2, 0.25) is 25.1 Å². The van der Waals surface area contributed by atoms with Gasteiger partial charge >= 0.3 is 30.2 Å². The third kappa shape index (κ3) is 28.8. The number of amides is 10. The quantitative estimate of drug-likeness (QED) is 0.0429. The number of aryl methyl sites for hydroxylation is 1. The molecule has 0 radical (unpaired) electrons. The van der Waals surface area contributed by atoms with Gasteiger partial charge in [-0.15, -0.1) is 0 Å². The van der Waals surface area contributed by atoms with Crippen LogP contribution in [0.15, 0.2) is 310 Å². The van der Waals surface area contributed by atoms with Crippen LogP contribution in [0.4, 0.5) is 96.9 Å². The van der Waals surface area contributed by atoms with Gasteiger partial charge in [-0.3, -0.25) is 9.97 Å². The molecule has 2 fully saturated rings. The summed E-state index contributed by atoms with van der Waals surface area (Å²) < 4.78 is 14.4. The molecule has 24 nitrogen and oxygen atoms in total. The largest absolute Gasteiger partial charge is 0.391 e. The first-order valence-electron chi connectivity index (χ1n) is 39.2. The van der Waals surface area contributed by atoms with Gasteiger partial charge in [0.2, 0.25) is 5.95 Å². The number of aromatic nitrogens is 6. The molecule has 0 bridgehead atoms. The molecule has 1 atom stereocenters. The van der Waals surface area contributed by atoms with Crippen LogP contribution in [0.5, 0.6) is 0 Å². The minimum atomic E-state index is -0.470. The van der Waals surface area contributed by atoms with Crippen LogP contribution in [-0.4, -0.2) is 97.4 Å². The molecule has 124 heavy (non-hydrogen) atoms. The molecule has 10 aromatic carbocycles. The molecule has 10 amide bonds. The number of anilines is 12. The number of hydrogen-bond donors (Lipinski definition) is 11. The minimum absolute atomic E-state index is 0.302. The molecular formula is C94H84Cl5FN18O6. The Kier molecular flexibility index (Phi) is 32.8. The van der Waals surface area contributed by atoms with Gasteiger partial charge in [-0.1, -0.05) is 113 Å². The van der Waals surface area contributed by atoms with Crippen LogP contribution in [0.3, 0.4) is 0 Å². The van der Waals surface area contributed by atoms with Gasteiger partial charge < -0.3 is 68.1 Å². The van der Waals surface area contributed by atoms with Crippen molar-refractivity contribution in [1.29, 1.82) is 0 Å². The number of halogens is 6. The van der Waals surface area contributed by atoms with E-state index in [1.165, 1.54) is 31.7 Å². The Morgan fingerprint density at radius 1 is 0.339 bits per heavy atom. The molecule has 1 unspecified atom stereocenters. The van der Waals surface area contributed by atoms with Crippen LogP contribution >= 0.6 is 58.0 Å². The van der Waals surface area contributed by atoms with Gasteiger partial charge in [0.1, 0.15) is 12.1 Å². The molecule has 628 valence electrons. The fraction of sp³-hybridized carbons (Fsp3) is 0.117. The van der Waals surface area contributed by atoms with Gasteiger partial charge in [-0.2, -0.15) is 0 Å². The number of aliphatic hydroxyl groups excluding tert-OH is 1. The maximum absolute atomic E-state index is 14.4. The number of rotatable bonds is 16. The summed E-state index contributed by atoms with van der Waals surface area (Å²) in [5.41, 5.74) is 15.3. The van der Waals surface area contributed by atoms with E-state index in [9.17, 15) is 33.5 Å². The Morgan fingerprint density at radius 2 is 0.734 bits per heavy atom. The number of β-amino-alcohol motifs (C(OH)–C–C–N with tert-alkyl or cyclic N) is 1. The van der Waals surface area contributed by atoms with Crippen molar-refractivity contribution in [2.45, 2.75) is 45.1 Å². The molecule has 16 rings (SSSR count). The summed E-state index contributed by atoms with van der Waals surface area (Å²) in [7, 11) is 0. The van der Waals surface area contributed by atoms with Crippen molar-refractivity contribution in [3.8, 4) is 44.9 Å². The number of benzene rings is 10. The molecule has 2 saturated heterocycles. The number of nitrogens with one attached hydrogen (secondary N) is 10. The predicted octanol–water partition coefficient (Wildman–Crippen LogP) is 24.4. The van der Waals surface area contributed by atoms with E-state index in [0.717, 1.165) is 82.5 Å². The Labute approximate surface area is 741 Å². The van der Waals surface area contributed by atoms with Crippen molar-refractivity contribution in [1.82, 2.24) is 29.9 Å². The second-order valence-corrected chi connectivity index (χ2v) is 30.1. The summed E-state index contributed by atoms with van der Waals surface area (Å²) in [5.74, 6) is 0.333. The Morgan fingerprint density at radius 3 is 1.15 bits per heavy atom. The van der Waals surface area contributed by atoms with E-state index < -0.39 is 18.0 Å². The molecule has 14 aromatic rings. The summed E-state index contributed by atoms with van der Waals surface area (Å²) >= 11 is 29.1. The normalized spacial score (nSPS) is 12.4. The first-order chi connectivity index (χ1) is 60.2. The van der Waals surface area contributed by atoms with E-state index >= 15 is 0 Å². The number of pyridine rings is 2. The molecule has 6 heterocycles. The monoisotopic (exact) mass is 1750 g/mol. The third-order valence-electron chi connectivity index (χ3n) is 18.6. The lowest BCUT2D eigenvalue weighted by Gasteiger charge is -2.32. The second kappa shape index (κ2) is 45.6. The standard InChI is InChI=1S/C22H22ClN5O.C18H19ClFN3O2.C18H15ClN4O.2C18H14ClN3O/c23-17-7-9-18(10-8-17)25-22(29)26-19-6-4-5-16(15-19)20-11-12-24-21(27-20)28-13-2-1-3-14-28;19-12-3-5-13(6-4-12)21-18(25)22-14-7-8-17(16(20)10-14)23-9-1-2-15(24)11-23;1-12-9-17(21-11-20-12)13-3-2-4-16(10-13)23-18(24)22-15-7-5-14(19)6-8-15;19-15-3-7-17(8-4-15)22-18(23)21-16-5-1-13(2-6-16)14-9-11-20-12-10-14;19-14-6-10-16(11-7-14)22-18(23)21-15-8-4-13(5-9-15)17-3-1-2-12-20-17/h4-12,15H,1-3,13-14H2,(H2,25,26,29);3-8,10,15,24H,1-2,9,11H2,(H2,21,22,25);2-11H,1H3,(H2,22,23,24);2*1-12H,(H2,21,22,23). The number of aliphatic hydroxyl groups is 1. The average Bonchev–Trinajstić information content (AvgIpc) is 0.830. The van der Waals surface area contributed by atoms with Crippen molar-refractivity contribution < 1.29 is 33.5 Å². The molecule has 11 N–H and O–H groups in total. The summed E-state index contributed by atoms with van der Waals surface area (Å²) in [6.45, 7) is 5.03. The Balaban J connectivity index is 0.000000142. The van der Waals surface area contributed by atoms with Crippen molar-refractivity contribution >= 4 is 157 Å². The smallest absolute Gasteiger partial charge is 0.323 e. The molecule has 2 aliphatic heterocycles. The van der Waals surface area contributed by atoms with Crippen LogP contribution in [-0.2, 0) is 0 Å². The molecule has 0 spiro atoms. The molecule has 0 aliphatic carbocycles. The second-order valence-electron chi connectivity index (χ2n) is 27.9. The number of nitrogens with zero attached hydrogens (tertiary/aromatic N) is 8. The van der Waals surface area contributed by atoms with E-state index in [4.69, 9.17) is 63.0 Å². The number of carbonyl (C=O) groups excluding carboxylic acids is 5. The zero-order valence-corrected chi connectivity index (χ0v) is 70.5. The van der Waals surface area contributed by atoms with Gasteiger partial charge in [-0.05, 0) is 275 Å². The molecule has 2 aliphatic rings. The summed E-state index contributed by atoms with van der Waals surface area (Å²) in [6.07, 6.45) is 13.3. The van der Waals surface area contributed by atoms with E-state index in [1.807, 2.05) is 151 Å². The van der Waals surface area contributed by atoms with E-state index in [2.05, 4.69) is 83.0 Å². The zero-order chi connectivity index (χ0) is 86.9. The number of hydrogen-bond acceptors (Lipinski definition) is 14. The molecular weight excluding hydrogens is 1670 g/mol. The summed E-state index contributed by atoms with van der Waals surface area (Å²) in [4.78, 5) is 90.1. The van der Waals surface area contributed by atoms with Crippen LogP contribution in [0, 0.1) is 12.7 Å². The SMILES string of the molecule is Cc1cc(-c2cccc(NC(=O)Nc3ccc(Cl)cc3)c2)ncn1.O=C(Nc1ccc(Cl)cc1)Nc1ccc(-c2ccccn2)cc1.O=C(Nc1ccc(Cl)cc1)Nc1ccc(-c2ccncc2)cc1.O=C(Nc1ccc(Cl)cc1)Nc1ccc(N2CCCC(O)C2)c(F)c1.O=C(Nc1ccc(Cl)cc1)Nc1cccc(-c2ccnc(N3CCCCC3)n2)c1. The van der Waals surface area contributed by atoms with Crippen molar-refractivity contribution in [3.05, 3.63) is 347 Å². The van der Waals surface area contributed by atoms with Gasteiger partial charge in [0.25, 0.3) is 0 Å². The number of urea groups is 5. The third-order valence-corrected chi connectivity index (χ3v) is 19.9. The maximum atomic E-state index is 14.4. The lowest BCUT2D eigenvalue weighted by molar-refractivity contribution is 0.154. The fourth-order valence-corrected chi connectivity index (χ4v) is 13.2. The Hall–Kier alpha value is -14.1. The summed E-state index contributed by atoms with van der Waals surface area (Å²) in [5, 5.41) is 40.3. The van der Waals surface area contributed by atoms with Gasteiger partial charge in [0.05, 0.1) is 28.9 Å². The predicted molar refractivity (Wildman–Crippen MR) is 499 cm³/mol. The van der Waals surface area contributed by atoms with E-state index in [-0.39, 0.29) is 24.1 Å². The molecule has 4 aromatic heterocycles. The van der Waals surface area contributed by atoms with E-state index in [0.29, 0.717) is 101 Å². The number of carbonyl (C=O) groups is 5. The highest BCUT2D eigenvalue weighted by molar-refractivity contribution is 6.32. The van der Waals surface area contributed by atoms with Crippen LogP contribution in [0.25, 0.3) is 44.9 Å². The maximum Gasteiger partial charge on any atom is 0.323 e. The minimum Gasteiger partial charge on any atom is -0.391 e. The average molecular weight is 1760 g/mol. The highest BCUT2D eigenvalue weighted by Gasteiger charge is 2.22.